The zero-order valence-corrected chi connectivity index (χ0v) is 8.50. The Balaban J connectivity index is 2.58. The second-order valence-corrected chi connectivity index (χ2v) is 3.41. The summed E-state index contributed by atoms with van der Waals surface area (Å²) in [6.45, 7) is 0. The van der Waals surface area contributed by atoms with E-state index in [0.29, 0.717) is 5.56 Å². The number of rotatable bonds is 1. The third-order valence-corrected chi connectivity index (χ3v) is 2.28. The average molecular weight is 241 g/mol. The Hall–Kier alpha value is -1.91. The predicted octanol–water partition coefficient (Wildman–Crippen LogP) is 3.91. The van der Waals surface area contributed by atoms with Crippen LogP contribution >= 0.6 is 0 Å². The average Bonchev–Trinajstić information content (AvgIpc) is 2.29. The third kappa shape index (κ3) is 2.27. The maximum absolute atomic E-state index is 13.7. The summed E-state index contributed by atoms with van der Waals surface area (Å²) in [5, 5.41) is 0. The molecule has 5 heteroatoms. The van der Waals surface area contributed by atoms with Gasteiger partial charge in [0.2, 0.25) is 0 Å². The molecule has 0 saturated heterocycles. The van der Waals surface area contributed by atoms with Crippen molar-refractivity contribution in [3.8, 4) is 11.1 Å². The van der Waals surface area contributed by atoms with Crippen molar-refractivity contribution in [2.45, 2.75) is 6.18 Å². The fourth-order valence-corrected chi connectivity index (χ4v) is 1.50. The van der Waals surface area contributed by atoms with Gasteiger partial charge in [-0.3, -0.25) is 4.98 Å². The topological polar surface area (TPSA) is 12.9 Å². The van der Waals surface area contributed by atoms with Gasteiger partial charge in [0.25, 0.3) is 0 Å². The van der Waals surface area contributed by atoms with Crippen LogP contribution in [0.25, 0.3) is 11.1 Å². The number of hydrogen-bond acceptors (Lipinski definition) is 1. The van der Waals surface area contributed by atoms with E-state index in [9.17, 15) is 17.6 Å². The van der Waals surface area contributed by atoms with E-state index in [4.69, 9.17) is 0 Å². The molecule has 1 aromatic heterocycles. The highest BCUT2D eigenvalue weighted by Gasteiger charge is 2.34. The molecule has 17 heavy (non-hydrogen) atoms. The lowest BCUT2D eigenvalue weighted by molar-refractivity contribution is -0.139. The van der Waals surface area contributed by atoms with Gasteiger partial charge in [0.05, 0.1) is 5.56 Å². The predicted molar refractivity (Wildman–Crippen MR) is 54.6 cm³/mol. The first-order valence-corrected chi connectivity index (χ1v) is 4.76. The molecule has 0 amide bonds. The highest BCUT2D eigenvalue weighted by Crippen LogP contribution is 2.35. The van der Waals surface area contributed by atoms with Gasteiger partial charge in [-0.2, -0.15) is 13.2 Å². The zero-order valence-electron chi connectivity index (χ0n) is 8.50. The molecule has 0 atom stereocenters. The van der Waals surface area contributed by atoms with Crippen molar-refractivity contribution in [1.29, 1.82) is 0 Å². The smallest absolute Gasteiger partial charge is 0.264 e. The van der Waals surface area contributed by atoms with Crippen LogP contribution in [0.15, 0.2) is 42.7 Å². The lowest BCUT2D eigenvalue weighted by Crippen LogP contribution is -2.08. The molecule has 0 spiro atoms. The Labute approximate surface area is 94.7 Å². The molecular weight excluding hydrogens is 234 g/mol. The Morgan fingerprint density at radius 2 is 1.76 bits per heavy atom. The largest absolute Gasteiger partial charge is 0.419 e. The number of halogens is 4. The fraction of sp³-hybridized carbons (Fsp3) is 0.0833. The van der Waals surface area contributed by atoms with Crippen molar-refractivity contribution in [3.63, 3.8) is 0 Å². The number of alkyl halides is 3. The molecule has 0 bridgehead atoms. The van der Waals surface area contributed by atoms with E-state index >= 15 is 0 Å². The van der Waals surface area contributed by atoms with E-state index < -0.39 is 17.6 Å². The van der Waals surface area contributed by atoms with Gasteiger partial charge < -0.3 is 0 Å². The van der Waals surface area contributed by atoms with Gasteiger partial charge >= 0.3 is 6.18 Å². The van der Waals surface area contributed by atoms with Crippen LogP contribution in [0.2, 0.25) is 0 Å². The number of aromatic nitrogens is 1. The molecule has 88 valence electrons. The first-order valence-electron chi connectivity index (χ1n) is 4.76. The summed E-state index contributed by atoms with van der Waals surface area (Å²) < 4.78 is 51.2. The Morgan fingerprint density at radius 1 is 1.00 bits per heavy atom. The van der Waals surface area contributed by atoms with Gasteiger partial charge in [-0.25, -0.2) is 4.39 Å². The Kier molecular flexibility index (Phi) is 2.83. The van der Waals surface area contributed by atoms with Crippen LogP contribution in [0.1, 0.15) is 5.56 Å². The molecule has 0 saturated carbocycles. The third-order valence-electron chi connectivity index (χ3n) is 2.28. The summed E-state index contributed by atoms with van der Waals surface area (Å²) in [5.74, 6) is -1.27. The van der Waals surface area contributed by atoms with Crippen LogP contribution < -0.4 is 0 Å². The molecule has 2 aromatic rings. The first kappa shape index (κ1) is 11.6. The van der Waals surface area contributed by atoms with E-state index in [1.54, 1.807) is 0 Å². The van der Waals surface area contributed by atoms with Crippen LogP contribution in [-0.2, 0) is 6.18 Å². The molecule has 0 aliphatic heterocycles. The molecule has 0 N–H and O–H groups in total. The Bertz CT molecular complexity index is 520. The summed E-state index contributed by atoms with van der Waals surface area (Å²) in [6.07, 6.45) is -1.91. The van der Waals surface area contributed by atoms with Crippen molar-refractivity contribution in [3.05, 3.63) is 54.1 Å². The van der Waals surface area contributed by atoms with Gasteiger partial charge in [0.1, 0.15) is 5.82 Å². The molecular formula is C12H7F4N. The van der Waals surface area contributed by atoms with E-state index in [1.807, 2.05) is 0 Å². The van der Waals surface area contributed by atoms with Crippen molar-refractivity contribution >= 4 is 0 Å². The Morgan fingerprint density at radius 3 is 2.35 bits per heavy atom. The molecule has 0 aliphatic rings. The fourth-order valence-electron chi connectivity index (χ4n) is 1.50. The second-order valence-electron chi connectivity index (χ2n) is 3.41. The van der Waals surface area contributed by atoms with Crippen LogP contribution in [0.3, 0.4) is 0 Å². The van der Waals surface area contributed by atoms with Crippen molar-refractivity contribution < 1.29 is 17.6 Å². The number of hydrogen-bond donors (Lipinski definition) is 0. The van der Waals surface area contributed by atoms with Crippen LogP contribution in [-0.4, -0.2) is 4.98 Å². The molecule has 1 nitrogen and oxygen atoms in total. The standard InChI is InChI=1S/C12H7F4N/c13-11-9(8-3-2-6-17-7-8)4-1-5-10(11)12(14,15)16/h1-7H. The van der Waals surface area contributed by atoms with Crippen LogP contribution in [0.4, 0.5) is 17.6 Å². The summed E-state index contributed by atoms with van der Waals surface area (Å²) in [6, 6.07) is 6.23. The minimum absolute atomic E-state index is 0.104. The van der Waals surface area contributed by atoms with Gasteiger partial charge in [-0.15, -0.1) is 0 Å². The number of pyridine rings is 1. The monoisotopic (exact) mass is 241 g/mol. The lowest BCUT2D eigenvalue weighted by atomic mass is 10.0. The quantitative estimate of drug-likeness (QED) is 0.690. The lowest BCUT2D eigenvalue weighted by Gasteiger charge is -2.10. The maximum Gasteiger partial charge on any atom is 0.419 e. The first-order chi connectivity index (χ1) is 8.00. The molecule has 2 rings (SSSR count). The number of benzene rings is 1. The van der Waals surface area contributed by atoms with Crippen molar-refractivity contribution in [2.75, 3.05) is 0 Å². The highest BCUT2D eigenvalue weighted by molar-refractivity contribution is 5.64. The van der Waals surface area contributed by atoms with E-state index in [0.717, 1.165) is 6.07 Å². The van der Waals surface area contributed by atoms with Crippen molar-refractivity contribution in [1.82, 2.24) is 4.98 Å². The molecule has 0 radical (unpaired) electrons. The SMILES string of the molecule is Fc1c(-c2cccnc2)cccc1C(F)(F)F. The minimum atomic E-state index is -4.69. The van der Waals surface area contributed by atoms with E-state index in [-0.39, 0.29) is 5.56 Å². The molecule has 0 unspecified atom stereocenters. The summed E-state index contributed by atoms with van der Waals surface area (Å²) in [7, 11) is 0. The normalized spacial score (nSPS) is 11.5. The molecule has 1 heterocycles. The van der Waals surface area contributed by atoms with Crippen molar-refractivity contribution in [2.24, 2.45) is 0 Å². The number of nitrogens with zero attached hydrogens (tertiary/aromatic N) is 1. The second kappa shape index (κ2) is 4.16. The minimum Gasteiger partial charge on any atom is -0.264 e. The molecule has 0 fully saturated rings. The van der Waals surface area contributed by atoms with Gasteiger partial charge in [-0.1, -0.05) is 18.2 Å². The molecule has 0 aliphatic carbocycles. The van der Waals surface area contributed by atoms with Gasteiger partial charge in [-0.05, 0) is 12.1 Å². The summed E-state index contributed by atoms with van der Waals surface area (Å²) >= 11 is 0. The maximum atomic E-state index is 13.7. The van der Waals surface area contributed by atoms with Gasteiger partial charge in [0.15, 0.2) is 0 Å². The van der Waals surface area contributed by atoms with Crippen LogP contribution in [0, 0.1) is 5.82 Å². The summed E-state index contributed by atoms with van der Waals surface area (Å²) in [5.41, 5.74) is -1.05. The van der Waals surface area contributed by atoms with Gasteiger partial charge in [0, 0.05) is 23.5 Å². The molecule has 1 aromatic carbocycles. The van der Waals surface area contributed by atoms with E-state index in [2.05, 4.69) is 4.98 Å². The van der Waals surface area contributed by atoms with Crippen LogP contribution in [0.5, 0.6) is 0 Å². The summed E-state index contributed by atoms with van der Waals surface area (Å²) in [4.78, 5) is 3.75. The highest BCUT2D eigenvalue weighted by atomic mass is 19.4. The zero-order chi connectivity index (χ0) is 12.5. The van der Waals surface area contributed by atoms with E-state index in [1.165, 1.54) is 36.7 Å².